The first-order valence-corrected chi connectivity index (χ1v) is 7.36. The number of nitrogens with one attached hydrogen (secondary N) is 1. The van der Waals surface area contributed by atoms with Gasteiger partial charge >= 0.3 is 5.97 Å². The Morgan fingerprint density at radius 3 is 2.59 bits per heavy atom. The number of ether oxygens (including phenoxy) is 1. The monoisotopic (exact) mass is 305 g/mol. The second kappa shape index (κ2) is 9.60. The van der Waals surface area contributed by atoms with Crippen LogP contribution in [0.3, 0.4) is 0 Å². The van der Waals surface area contributed by atoms with Crippen LogP contribution in [0.2, 0.25) is 0 Å². The Hall–Kier alpha value is -2.30. The van der Waals surface area contributed by atoms with Crippen LogP contribution < -0.4 is 10.1 Å². The molecule has 2 atom stereocenters. The number of carbonyl (C=O) groups is 2. The van der Waals surface area contributed by atoms with Gasteiger partial charge in [-0.15, -0.1) is 0 Å². The van der Waals surface area contributed by atoms with Gasteiger partial charge in [0.1, 0.15) is 11.8 Å². The van der Waals surface area contributed by atoms with Crippen LogP contribution in [0.4, 0.5) is 0 Å². The Morgan fingerprint density at radius 1 is 1.32 bits per heavy atom. The fourth-order valence-corrected chi connectivity index (χ4v) is 1.81. The lowest BCUT2D eigenvalue weighted by Crippen LogP contribution is -2.43. The van der Waals surface area contributed by atoms with E-state index in [4.69, 9.17) is 9.84 Å². The van der Waals surface area contributed by atoms with Gasteiger partial charge < -0.3 is 15.2 Å². The van der Waals surface area contributed by atoms with Gasteiger partial charge in [0.15, 0.2) is 0 Å². The smallest absolute Gasteiger partial charge is 0.326 e. The molecule has 120 valence electrons. The van der Waals surface area contributed by atoms with Crippen molar-refractivity contribution >= 4 is 11.9 Å². The zero-order valence-corrected chi connectivity index (χ0v) is 13.0. The minimum Gasteiger partial charge on any atom is -0.494 e. The summed E-state index contributed by atoms with van der Waals surface area (Å²) < 4.78 is 5.54. The van der Waals surface area contributed by atoms with Gasteiger partial charge in [-0.1, -0.05) is 37.3 Å². The molecule has 0 spiro atoms. The first-order valence-electron chi connectivity index (χ1n) is 7.36. The number of carbonyl (C=O) groups excluding carboxylic acids is 1. The summed E-state index contributed by atoms with van der Waals surface area (Å²) in [6.07, 6.45) is 4.29. The minimum atomic E-state index is -1.03. The van der Waals surface area contributed by atoms with Crippen molar-refractivity contribution in [2.24, 2.45) is 5.92 Å². The van der Waals surface area contributed by atoms with Crippen LogP contribution in [-0.4, -0.2) is 29.6 Å². The maximum atomic E-state index is 12.0. The average Bonchev–Trinajstić information content (AvgIpc) is 2.51. The maximum Gasteiger partial charge on any atom is 0.326 e. The van der Waals surface area contributed by atoms with Crippen molar-refractivity contribution < 1.29 is 19.4 Å². The van der Waals surface area contributed by atoms with E-state index < -0.39 is 12.0 Å². The van der Waals surface area contributed by atoms with Crippen LogP contribution in [0.15, 0.2) is 42.5 Å². The van der Waals surface area contributed by atoms with E-state index >= 15 is 0 Å². The molecule has 1 amide bonds. The van der Waals surface area contributed by atoms with Crippen LogP contribution in [0, 0.1) is 5.92 Å². The molecule has 0 aliphatic heterocycles. The normalized spacial score (nSPS) is 13.5. The topological polar surface area (TPSA) is 75.6 Å². The number of benzene rings is 1. The van der Waals surface area contributed by atoms with Gasteiger partial charge in [-0.25, -0.2) is 4.79 Å². The third kappa shape index (κ3) is 6.43. The van der Waals surface area contributed by atoms with Crippen molar-refractivity contribution in [2.45, 2.75) is 32.7 Å². The molecule has 1 aromatic carbocycles. The van der Waals surface area contributed by atoms with E-state index in [1.165, 1.54) is 0 Å². The molecule has 2 N–H and O–H groups in total. The van der Waals surface area contributed by atoms with Crippen molar-refractivity contribution in [1.29, 1.82) is 0 Å². The van der Waals surface area contributed by atoms with Crippen molar-refractivity contribution in [3.63, 3.8) is 0 Å². The van der Waals surface area contributed by atoms with Gasteiger partial charge in [0, 0.05) is 5.92 Å². The Morgan fingerprint density at radius 2 is 2.00 bits per heavy atom. The fraction of sp³-hybridized carbons (Fsp3) is 0.412. The summed E-state index contributed by atoms with van der Waals surface area (Å²) >= 11 is 0. The van der Waals surface area contributed by atoms with Gasteiger partial charge in [0.05, 0.1) is 6.61 Å². The molecule has 0 aromatic heterocycles. The number of rotatable bonds is 9. The lowest BCUT2D eigenvalue weighted by Gasteiger charge is -2.17. The van der Waals surface area contributed by atoms with Crippen molar-refractivity contribution in [3.8, 4) is 5.75 Å². The number of carboxylic acid groups (broad SMARTS) is 1. The van der Waals surface area contributed by atoms with Crippen molar-refractivity contribution in [3.05, 3.63) is 42.5 Å². The summed E-state index contributed by atoms with van der Waals surface area (Å²) in [5.74, 6) is -0.851. The molecule has 0 saturated carbocycles. The molecule has 0 aliphatic carbocycles. The highest BCUT2D eigenvalue weighted by molar-refractivity contribution is 5.84. The number of hydrogen-bond donors (Lipinski definition) is 2. The van der Waals surface area contributed by atoms with E-state index in [9.17, 15) is 9.59 Å². The SMILES string of the molecule is C/C=C/CC(NC(=O)C(C)CCOc1ccccc1)C(=O)O. The van der Waals surface area contributed by atoms with Gasteiger partial charge in [-0.2, -0.15) is 0 Å². The van der Waals surface area contributed by atoms with Crippen LogP contribution in [0.5, 0.6) is 5.75 Å². The molecule has 5 heteroatoms. The Kier molecular flexibility index (Phi) is 7.75. The van der Waals surface area contributed by atoms with E-state index in [0.717, 1.165) is 5.75 Å². The van der Waals surface area contributed by atoms with Crippen molar-refractivity contribution in [2.75, 3.05) is 6.61 Å². The van der Waals surface area contributed by atoms with Gasteiger partial charge in [0.25, 0.3) is 0 Å². The maximum absolute atomic E-state index is 12.0. The second-order valence-electron chi connectivity index (χ2n) is 5.06. The average molecular weight is 305 g/mol. The minimum absolute atomic E-state index is 0.270. The summed E-state index contributed by atoms with van der Waals surface area (Å²) in [6.45, 7) is 3.98. The lowest BCUT2D eigenvalue weighted by molar-refractivity contribution is -0.142. The largest absolute Gasteiger partial charge is 0.494 e. The molecule has 22 heavy (non-hydrogen) atoms. The molecule has 0 fully saturated rings. The van der Waals surface area contributed by atoms with Crippen LogP contribution in [0.25, 0.3) is 0 Å². The molecule has 0 aliphatic rings. The predicted octanol–water partition coefficient (Wildman–Crippen LogP) is 2.63. The number of carboxylic acids is 1. The number of allylic oxidation sites excluding steroid dienone is 1. The van der Waals surface area contributed by atoms with Crippen LogP contribution in [0.1, 0.15) is 26.7 Å². The highest BCUT2D eigenvalue weighted by atomic mass is 16.5. The third-order valence-corrected chi connectivity index (χ3v) is 3.23. The van der Waals surface area contributed by atoms with Gasteiger partial charge in [-0.05, 0) is 31.9 Å². The molecular formula is C17H23NO4. The fourth-order valence-electron chi connectivity index (χ4n) is 1.81. The first kappa shape index (κ1) is 17.8. The molecule has 0 saturated heterocycles. The highest BCUT2D eigenvalue weighted by Crippen LogP contribution is 2.11. The summed E-state index contributed by atoms with van der Waals surface area (Å²) in [5, 5.41) is 11.6. The Balaban J connectivity index is 2.38. The van der Waals surface area contributed by atoms with E-state index in [0.29, 0.717) is 13.0 Å². The summed E-state index contributed by atoms with van der Waals surface area (Å²) in [7, 11) is 0. The quantitative estimate of drug-likeness (QED) is 0.688. The molecule has 1 aromatic rings. The molecule has 5 nitrogen and oxygen atoms in total. The molecule has 0 bridgehead atoms. The Labute approximate surface area is 131 Å². The second-order valence-corrected chi connectivity index (χ2v) is 5.06. The van der Waals surface area contributed by atoms with Gasteiger partial charge in [-0.3, -0.25) is 4.79 Å². The number of amides is 1. The molecule has 0 heterocycles. The number of aliphatic carboxylic acids is 1. The molecule has 2 unspecified atom stereocenters. The highest BCUT2D eigenvalue weighted by Gasteiger charge is 2.21. The number of para-hydroxylation sites is 1. The van der Waals surface area contributed by atoms with Crippen LogP contribution >= 0.6 is 0 Å². The van der Waals surface area contributed by atoms with Gasteiger partial charge in [0.2, 0.25) is 5.91 Å². The molecule has 1 rings (SSSR count). The zero-order chi connectivity index (χ0) is 16.4. The van der Waals surface area contributed by atoms with E-state index in [1.54, 1.807) is 19.1 Å². The van der Waals surface area contributed by atoms with Crippen molar-refractivity contribution in [1.82, 2.24) is 5.32 Å². The summed E-state index contributed by atoms with van der Waals surface area (Å²) in [4.78, 5) is 23.1. The lowest BCUT2D eigenvalue weighted by atomic mass is 10.1. The third-order valence-electron chi connectivity index (χ3n) is 3.23. The van der Waals surface area contributed by atoms with E-state index in [2.05, 4.69) is 5.32 Å². The molecule has 0 radical (unpaired) electrons. The van der Waals surface area contributed by atoms with Crippen LogP contribution in [-0.2, 0) is 9.59 Å². The zero-order valence-electron chi connectivity index (χ0n) is 13.0. The van der Waals surface area contributed by atoms with E-state index in [1.807, 2.05) is 37.3 Å². The van der Waals surface area contributed by atoms with E-state index in [-0.39, 0.29) is 18.2 Å². The first-order chi connectivity index (χ1) is 10.5. The summed E-state index contributed by atoms with van der Waals surface area (Å²) in [6, 6.07) is 8.47. The standard InChI is InChI=1S/C17H23NO4/c1-3-4-10-15(17(20)21)18-16(19)13(2)11-12-22-14-8-6-5-7-9-14/h3-9,13,15H,10-12H2,1-2H3,(H,18,19)(H,20,21)/b4-3+. The summed E-state index contributed by atoms with van der Waals surface area (Å²) in [5.41, 5.74) is 0. The Bertz CT molecular complexity index is 499. The molecular weight excluding hydrogens is 282 g/mol. The number of hydrogen-bond acceptors (Lipinski definition) is 3. The predicted molar refractivity (Wildman–Crippen MR) is 84.7 cm³/mol.